The van der Waals surface area contributed by atoms with Crippen molar-refractivity contribution in [1.82, 2.24) is 0 Å². The maximum absolute atomic E-state index is 12.6. The van der Waals surface area contributed by atoms with E-state index in [2.05, 4.69) is 15.9 Å². The lowest BCUT2D eigenvalue weighted by Gasteiger charge is -2.20. The van der Waals surface area contributed by atoms with Gasteiger partial charge in [0.05, 0.1) is 4.32 Å². The van der Waals surface area contributed by atoms with Gasteiger partial charge in [0, 0.05) is 26.8 Å². The molecule has 1 aliphatic carbocycles. The molecule has 0 aliphatic heterocycles. The maximum atomic E-state index is 12.6. The maximum Gasteiger partial charge on any atom is 0.178 e. The van der Waals surface area contributed by atoms with Crippen LogP contribution in [0.3, 0.4) is 0 Å². The van der Waals surface area contributed by atoms with Crippen LogP contribution in [0.4, 0.5) is 0 Å². The molecule has 2 aromatic rings. The molecule has 0 unspecified atom stereocenters. The lowest BCUT2D eigenvalue weighted by Crippen LogP contribution is -2.23. The Morgan fingerprint density at radius 2 is 1.33 bits per heavy atom. The number of hydrogen-bond acceptors (Lipinski definition) is 3. The molecular weight excluding hydrogens is 420 g/mol. The van der Waals surface area contributed by atoms with Crippen molar-refractivity contribution < 1.29 is 9.59 Å². The largest absolute Gasteiger partial charge is 0.294 e. The number of hydrogen-bond donors (Lipinski definition) is 0. The Kier molecular flexibility index (Phi) is 6.59. The van der Waals surface area contributed by atoms with E-state index >= 15 is 0 Å². The lowest BCUT2D eigenvalue weighted by atomic mass is 9.84. The molecule has 0 spiro atoms. The Labute approximate surface area is 174 Å². The summed E-state index contributed by atoms with van der Waals surface area (Å²) < 4.78 is -0.553. The molecule has 0 saturated heterocycles. The Morgan fingerprint density at radius 3 is 1.81 bits per heavy atom. The summed E-state index contributed by atoms with van der Waals surface area (Å²) in [6.45, 7) is 3.71. The van der Waals surface area contributed by atoms with Gasteiger partial charge in [-0.1, -0.05) is 71.2 Å². The number of carbonyl (C=O) groups is 2. The molecule has 2 aromatic carbocycles. The molecule has 0 bridgehead atoms. The Hall–Kier alpha value is -1.39. The molecule has 1 fully saturated rings. The second kappa shape index (κ2) is 8.74. The first-order valence-corrected chi connectivity index (χ1v) is 11.1. The van der Waals surface area contributed by atoms with Crippen molar-refractivity contribution in [2.45, 2.75) is 60.1 Å². The fourth-order valence-corrected chi connectivity index (χ4v) is 4.49. The number of Topliss-reactive ketones (excluding diaryl/α,β-unsaturated/α-hetero) is 2. The quantitative estimate of drug-likeness (QED) is 0.356. The highest BCUT2D eigenvalue weighted by atomic mass is 79.9. The van der Waals surface area contributed by atoms with Gasteiger partial charge in [0.1, 0.15) is 0 Å². The van der Waals surface area contributed by atoms with Gasteiger partial charge in [-0.2, -0.15) is 0 Å². The molecule has 2 nitrogen and oxygen atoms in total. The number of carbonyl (C=O) groups excluding carboxylic acids is 2. The minimum Gasteiger partial charge on any atom is -0.294 e. The fourth-order valence-electron chi connectivity index (χ4n) is 3.44. The van der Waals surface area contributed by atoms with E-state index in [0.717, 1.165) is 28.2 Å². The van der Waals surface area contributed by atoms with Gasteiger partial charge in [0.25, 0.3) is 0 Å². The van der Waals surface area contributed by atoms with Gasteiger partial charge in [-0.25, -0.2) is 0 Å². The average molecular weight is 445 g/mol. The standard InChI is InChI=1S/C23H25BrO2S/c1-23(2,24)22(26)18-10-14-20(15-11-18)27-19-12-8-17(9-13-19)21(25)16-6-4-3-5-7-16/h8-16H,3-7H2,1-2H3. The van der Waals surface area contributed by atoms with Gasteiger partial charge < -0.3 is 0 Å². The summed E-state index contributed by atoms with van der Waals surface area (Å²) in [5.41, 5.74) is 1.53. The zero-order valence-electron chi connectivity index (χ0n) is 15.8. The van der Waals surface area contributed by atoms with Crippen LogP contribution in [-0.2, 0) is 0 Å². The van der Waals surface area contributed by atoms with Crippen LogP contribution in [0.15, 0.2) is 58.3 Å². The zero-order valence-corrected chi connectivity index (χ0v) is 18.2. The first-order chi connectivity index (χ1) is 12.8. The summed E-state index contributed by atoms with van der Waals surface area (Å²) in [5.74, 6) is 0.581. The first kappa shape index (κ1) is 20.3. The molecule has 4 heteroatoms. The fraction of sp³-hybridized carbons (Fsp3) is 0.391. The smallest absolute Gasteiger partial charge is 0.178 e. The molecular formula is C23H25BrO2S. The minimum atomic E-state index is -0.553. The molecule has 27 heavy (non-hydrogen) atoms. The number of alkyl halides is 1. The molecule has 0 atom stereocenters. The number of rotatable bonds is 6. The van der Waals surface area contributed by atoms with E-state index in [1.54, 1.807) is 11.8 Å². The summed E-state index contributed by atoms with van der Waals surface area (Å²) in [4.78, 5) is 27.1. The topological polar surface area (TPSA) is 34.1 Å². The highest BCUT2D eigenvalue weighted by molar-refractivity contribution is 9.10. The molecule has 0 N–H and O–H groups in total. The van der Waals surface area contributed by atoms with Gasteiger partial charge in [-0.05, 0) is 51.0 Å². The van der Waals surface area contributed by atoms with Crippen LogP contribution in [0.25, 0.3) is 0 Å². The summed E-state index contributed by atoms with van der Waals surface area (Å²) >= 11 is 5.05. The van der Waals surface area contributed by atoms with Crippen molar-refractivity contribution in [2.75, 3.05) is 0 Å². The normalized spacial score (nSPS) is 15.5. The van der Waals surface area contributed by atoms with Crippen molar-refractivity contribution in [3.8, 4) is 0 Å². The molecule has 0 amide bonds. The third-order valence-electron chi connectivity index (χ3n) is 5.01. The van der Waals surface area contributed by atoms with Crippen molar-refractivity contribution in [2.24, 2.45) is 5.92 Å². The molecule has 3 rings (SSSR count). The highest BCUT2D eigenvalue weighted by Crippen LogP contribution is 2.31. The summed E-state index contributed by atoms with van der Waals surface area (Å²) in [5, 5.41) is 0. The van der Waals surface area contributed by atoms with Crippen LogP contribution >= 0.6 is 27.7 Å². The van der Waals surface area contributed by atoms with Crippen LogP contribution in [0.5, 0.6) is 0 Å². The van der Waals surface area contributed by atoms with Gasteiger partial charge >= 0.3 is 0 Å². The van der Waals surface area contributed by atoms with Crippen LogP contribution in [0.2, 0.25) is 0 Å². The van der Waals surface area contributed by atoms with Gasteiger partial charge in [0.15, 0.2) is 11.6 Å². The molecule has 0 radical (unpaired) electrons. The molecule has 1 saturated carbocycles. The third-order valence-corrected chi connectivity index (χ3v) is 6.38. The second-order valence-electron chi connectivity index (χ2n) is 7.65. The predicted molar refractivity (Wildman–Crippen MR) is 115 cm³/mol. The monoisotopic (exact) mass is 444 g/mol. The molecule has 142 valence electrons. The predicted octanol–water partition coefficient (Wildman–Crippen LogP) is 6.96. The third kappa shape index (κ3) is 5.32. The Balaban J connectivity index is 1.64. The van der Waals surface area contributed by atoms with E-state index in [-0.39, 0.29) is 11.7 Å². The number of halogens is 1. The van der Waals surface area contributed by atoms with Gasteiger partial charge in [-0.3, -0.25) is 9.59 Å². The van der Waals surface area contributed by atoms with Crippen LogP contribution in [0.1, 0.15) is 66.7 Å². The van der Waals surface area contributed by atoms with Gasteiger partial charge in [0.2, 0.25) is 0 Å². The van der Waals surface area contributed by atoms with E-state index in [4.69, 9.17) is 0 Å². The van der Waals surface area contributed by atoms with Crippen LogP contribution in [0, 0.1) is 5.92 Å². The van der Waals surface area contributed by atoms with E-state index in [1.807, 2.05) is 62.4 Å². The van der Waals surface area contributed by atoms with Gasteiger partial charge in [-0.15, -0.1) is 0 Å². The lowest BCUT2D eigenvalue weighted by molar-refractivity contribution is 0.0889. The van der Waals surface area contributed by atoms with Crippen LogP contribution < -0.4 is 0 Å². The summed E-state index contributed by atoms with van der Waals surface area (Å²) in [7, 11) is 0. The second-order valence-corrected chi connectivity index (χ2v) is 10.8. The van der Waals surface area contributed by atoms with E-state index in [9.17, 15) is 9.59 Å². The molecule has 0 aromatic heterocycles. The van der Waals surface area contributed by atoms with Crippen molar-refractivity contribution in [3.63, 3.8) is 0 Å². The average Bonchev–Trinajstić information content (AvgIpc) is 2.68. The zero-order chi connectivity index (χ0) is 19.4. The Morgan fingerprint density at radius 1 is 0.852 bits per heavy atom. The van der Waals surface area contributed by atoms with E-state index in [1.165, 1.54) is 19.3 Å². The summed E-state index contributed by atoms with van der Waals surface area (Å²) in [6, 6.07) is 15.6. The highest BCUT2D eigenvalue weighted by Gasteiger charge is 2.25. The minimum absolute atomic E-state index is 0.0737. The number of ketones is 2. The summed E-state index contributed by atoms with van der Waals surface area (Å²) in [6.07, 6.45) is 5.68. The van der Waals surface area contributed by atoms with Crippen LogP contribution in [-0.4, -0.2) is 15.9 Å². The SMILES string of the molecule is CC(C)(Br)C(=O)c1ccc(Sc2ccc(C(=O)C3CCCCC3)cc2)cc1. The van der Waals surface area contributed by atoms with Crippen molar-refractivity contribution in [1.29, 1.82) is 0 Å². The molecule has 1 aliphatic rings. The first-order valence-electron chi connectivity index (χ1n) is 9.50. The van der Waals surface area contributed by atoms with E-state index < -0.39 is 4.32 Å². The van der Waals surface area contributed by atoms with Crippen molar-refractivity contribution >= 4 is 39.3 Å². The Bertz CT molecular complexity index is 798. The number of benzene rings is 2. The van der Waals surface area contributed by atoms with E-state index in [0.29, 0.717) is 11.3 Å². The molecule has 0 heterocycles. The van der Waals surface area contributed by atoms with Crippen molar-refractivity contribution in [3.05, 3.63) is 59.7 Å².